The first-order chi connectivity index (χ1) is 14.8. The summed E-state index contributed by atoms with van der Waals surface area (Å²) in [6, 6.07) is 16.8. The van der Waals surface area contributed by atoms with Crippen molar-refractivity contribution in [2.24, 2.45) is 0 Å². The SMILES string of the molecule is COc1ccc(Cl)cc1NC(=O)c1ccc2c(c1)CCN2S(=O)(=O)c1ccc(C)cc1. The van der Waals surface area contributed by atoms with E-state index in [9.17, 15) is 13.2 Å². The molecule has 1 heterocycles. The number of fused-ring (bicyclic) bond motifs is 1. The Balaban J connectivity index is 1.60. The molecule has 3 aromatic rings. The molecule has 4 rings (SSSR count). The Bertz CT molecular complexity index is 1260. The van der Waals surface area contributed by atoms with Gasteiger partial charge in [-0.15, -0.1) is 0 Å². The second-order valence-electron chi connectivity index (χ2n) is 7.28. The maximum Gasteiger partial charge on any atom is 0.264 e. The van der Waals surface area contributed by atoms with Crippen LogP contribution in [-0.4, -0.2) is 28.0 Å². The van der Waals surface area contributed by atoms with Crippen LogP contribution in [0.25, 0.3) is 0 Å². The van der Waals surface area contributed by atoms with E-state index in [0.29, 0.717) is 40.7 Å². The zero-order valence-corrected chi connectivity index (χ0v) is 18.6. The second kappa shape index (κ2) is 8.24. The van der Waals surface area contributed by atoms with Crippen LogP contribution in [-0.2, 0) is 16.4 Å². The average Bonchev–Trinajstić information content (AvgIpc) is 3.18. The predicted octanol–water partition coefficient (Wildman–Crippen LogP) is 4.66. The van der Waals surface area contributed by atoms with Gasteiger partial charge >= 0.3 is 0 Å². The lowest BCUT2D eigenvalue weighted by atomic mass is 10.1. The number of halogens is 1. The van der Waals surface area contributed by atoms with E-state index >= 15 is 0 Å². The van der Waals surface area contributed by atoms with Gasteiger partial charge in [0.2, 0.25) is 0 Å². The second-order valence-corrected chi connectivity index (χ2v) is 9.58. The van der Waals surface area contributed by atoms with Gasteiger partial charge in [-0.1, -0.05) is 29.3 Å². The summed E-state index contributed by atoms with van der Waals surface area (Å²) < 4.78 is 32.8. The monoisotopic (exact) mass is 456 g/mol. The summed E-state index contributed by atoms with van der Waals surface area (Å²) in [5.41, 5.74) is 3.28. The molecule has 0 saturated carbocycles. The third-order valence-corrected chi connectivity index (χ3v) is 7.28. The number of anilines is 2. The van der Waals surface area contributed by atoms with Crippen molar-refractivity contribution in [1.82, 2.24) is 0 Å². The maximum atomic E-state index is 13.1. The molecule has 0 radical (unpaired) electrons. The number of sulfonamides is 1. The van der Waals surface area contributed by atoms with Crippen LogP contribution in [0.15, 0.2) is 65.6 Å². The van der Waals surface area contributed by atoms with Gasteiger partial charge in [0.1, 0.15) is 5.75 Å². The Morgan fingerprint density at radius 2 is 1.81 bits per heavy atom. The van der Waals surface area contributed by atoms with Gasteiger partial charge in [-0.3, -0.25) is 9.10 Å². The molecule has 1 aliphatic rings. The van der Waals surface area contributed by atoms with E-state index in [-0.39, 0.29) is 10.8 Å². The van der Waals surface area contributed by atoms with Crippen molar-refractivity contribution in [3.05, 3.63) is 82.4 Å². The van der Waals surface area contributed by atoms with Gasteiger partial charge in [0.25, 0.3) is 15.9 Å². The van der Waals surface area contributed by atoms with Crippen LogP contribution in [0.5, 0.6) is 5.75 Å². The smallest absolute Gasteiger partial charge is 0.264 e. The fraction of sp³-hybridized carbons (Fsp3) is 0.174. The Morgan fingerprint density at radius 1 is 1.06 bits per heavy atom. The fourth-order valence-electron chi connectivity index (χ4n) is 3.57. The minimum Gasteiger partial charge on any atom is -0.495 e. The lowest BCUT2D eigenvalue weighted by molar-refractivity contribution is 0.102. The Hall–Kier alpha value is -3.03. The molecule has 1 N–H and O–H groups in total. The van der Waals surface area contributed by atoms with Crippen molar-refractivity contribution >= 4 is 38.9 Å². The molecule has 0 fully saturated rings. The van der Waals surface area contributed by atoms with E-state index < -0.39 is 10.0 Å². The molecule has 160 valence electrons. The molecular weight excluding hydrogens is 436 g/mol. The highest BCUT2D eigenvalue weighted by molar-refractivity contribution is 7.92. The summed E-state index contributed by atoms with van der Waals surface area (Å²) in [4.78, 5) is 13.0. The highest BCUT2D eigenvalue weighted by atomic mass is 35.5. The van der Waals surface area contributed by atoms with Gasteiger partial charge in [0.05, 0.1) is 23.4 Å². The molecule has 0 atom stereocenters. The summed E-state index contributed by atoms with van der Waals surface area (Å²) >= 11 is 6.03. The number of nitrogens with one attached hydrogen (secondary N) is 1. The van der Waals surface area contributed by atoms with Crippen molar-refractivity contribution in [2.75, 3.05) is 23.3 Å². The van der Waals surface area contributed by atoms with Crippen molar-refractivity contribution in [3.8, 4) is 5.75 Å². The molecule has 0 aliphatic carbocycles. The number of amides is 1. The lowest BCUT2D eigenvalue weighted by Crippen LogP contribution is -2.29. The summed E-state index contributed by atoms with van der Waals surface area (Å²) in [5.74, 6) is 0.164. The van der Waals surface area contributed by atoms with Gasteiger partial charge in [-0.25, -0.2) is 8.42 Å². The van der Waals surface area contributed by atoms with Gasteiger partial charge in [-0.05, 0) is 67.4 Å². The Morgan fingerprint density at radius 3 is 2.52 bits per heavy atom. The zero-order valence-electron chi connectivity index (χ0n) is 17.1. The van der Waals surface area contributed by atoms with Gasteiger partial charge in [0, 0.05) is 17.1 Å². The lowest BCUT2D eigenvalue weighted by Gasteiger charge is -2.20. The van der Waals surface area contributed by atoms with Crippen molar-refractivity contribution in [3.63, 3.8) is 0 Å². The topological polar surface area (TPSA) is 75.7 Å². The molecule has 1 aliphatic heterocycles. The summed E-state index contributed by atoms with van der Waals surface area (Å²) in [7, 11) is -2.15. The third-order valence-electron chi connectivity index (χ3n) is 5.21. The molecule has 0 bridgehead atoms. The minimum atomic E-state index is -3.66. The third kappa shape index (κ3) is 4.11. The van der Waals surface area contributed by atoms with Crippen LogP contribution in [0.4, 0.5) is 11.4 Å². The molecule has 6 nitrogen and oxygen atoms in total. The first kappa shape index (κ1) is 21.2. The first-order valence-electron chi connectivity index (χ1n) is 9.67. The molecule has 0 unspecified atom stereocenters. The molecule has 0 saturated heterocycles. The zero-order chi connectivity index (χ0) is 22.2. The van der Waals surface area contributed by atoms with E-state index in [1.807, 2.05) is 6.92 Å². The summed E-state index contributed by atoms with van der Waals surface area (Å²) in [6.07, 6.45) is 0.530. The van der Waals surface area contributed by atoms with E-state index in [4.69, 9.17) is 16.3 Å². The van der Waals surface area contributed by atoms with Crippen molar-refractivity contribution in [1.29, 1.82) is 0 Å². The van der Waals surface area contributed by atoms with Crippen molar-refractivity contribution in [2.45, 2.75) is 18.2 Å². The molecule has 1 amide bonds. The van der Waals surface area contributed by atoms with Gasteiger partial charge < -0.3 is 10.1 Å². The minimum absolute atomic E-state index is 0.251. The number of aryl methyl sites for hydroxylation is 1. The molecule has 0 aromatic heterocycles. The van der Waals surface area contributed by atoms with E-state index in [1.54, 1.807) is 60.7 Å². The largest absolute Gasteiger partial charge is 0.495 e. The van der Waals surface area contributed by atoms with Crippen LogP contribution in [0, 0.1) is 6.92 Å². The quantitative estimate of drug-likeness (QED) is 0.605. The van der Waals surface area contributed by atoms with Crippen LogP contribution < -0.4 is 14.4 Å². The molecule has 31 heavy (non-hydrogen) atoms. The van der Waals surface area contributed by atoms with Crippen LogP contribution >= 0.6 is 11.6 Å². The highest BCUT2D eigenvalue weighted by Gasteiger charge is 2.31. The number of rotatable bonds is 5. The Labute approximate surface area is 186 Å². The number of ether oxygens (including phenoxy) is 1. The average molecular weight is 457 g/mol. The Kier molecular flexibility index (Phi) is 5.64. The summed E-state index contributed by atoms with van der Waals surface area (Å²) in [6.45, 7) is 2.24. The fourth-order valence-corrected chi connectivity index (χ4v) is 5.25. The standard InChI is InChI=1S/C23H21ClN2O4S/c1-15-3-7-19(8-4-15)31(28,29)26-12-11-16-13-17(5-9-21(16)26)23(27)25-20-14-18(24)6-10-22(20)30-2/h3-10,13-14H,11-12H2,1-2H3,(H,25,27). The normalized spacial score (nSPS) is 13.1. The number of nitrogens with zero attached hydrogens (tertiary/aromatic N) is 1. The van der Waals surface area contributed by atoms with Crippen LogP contribution in [0.2, 0.25) is 5.02 Å². The van der Waals surface area contributed by atoms with E-state index in [1.165, 1.54) is 11.4 Å². The maximum absolute atomic E-state index is 13.1. The number of hydrogen-bond donors (Lipinski definition) is 1. The van der Waals surface area contributed by atoms with E-state index in [0.717, 1.165) is 11.1 Å². The van der Waals surface area contributed by atoms with Crippen LogP contribution in [0.3, 0.4) is 0 Å². The molecule has 8 heteroatoms. The first-order valence-corrected chi connectivity index (χ1v) is 11.5. The number of methoxy groups -OCH3 is 1. The number of benzene rings is 3. The molecular formula is C23H21ClN2O4S. The highest BCUT2D eigenvalue weighted by Crippen LogP contribution is 2.34. The predicted molar refractivity (Wildman–Crippen MR) is 122 cm³/mol. The number of carbonyl (C=O) groups excluding carboxylic acids is 1. The van der Waals surface area contributed by atoms with E-state index in [2.05, 4.69) is 5.32 Å². The number of carbonyl (C=O) groups is 1. The van der Waals surface area contributed by atoms with Gasteiger partial charge in [0.15, 0.2) is 0 Å². The molecule has 0 spiro atoms. The number of hydrogen-bond acceptors (Lipinski definition) is 4. The van der Waals surface area contributed by atoms with Gasteiger partial charge in [-0.2, -0.15) is 0 Å². The van der Waals surface area contributed by atoms with Crippen molar-refractivity contribution < 1.29 is 17.9 Å². The van der Waals surface area contributed by atoms with Crippen LogP contribution in [0.1, 0.15) is 21.5 Å². The summed E-state index contributed by atoms with van der Waals surface area (Å²) in [5, 5.41) is 3.28. The molecule has 3 aromatic carbocycles.